The number of hydrazone groups is 1. The van der Waals surface area contributed by atoms with Crippen molar-refractivity contribution >= 4 is 23.7 Å². The van der Waals surface area contributed by atoms with Gasteiger partial charge in [-0.3, -0.25) is 9.59 Å². The Morgan fingerprint density at radius 2 is 1.62 bits per heavy atom. The number of hydrogen-bond acceptors (Lipinski definition) is 3. The SMILES string of the molecule is CCc1ccc(/C=N/NC(=O)C(=O)Nc2c(C)cccc2C)cc1. The van der Waals surface area contributed by atoms with E-state index in [0.29, 0.717) is 5.69 Å². The van der Waals surface area contributed by atoms with Gasteiger partial charge >= 0.3 is 11.8 Å². The second-order valence-corrected chi connectivity index (χ2v) is 5.52. The van der Waals surface area contributed by atoms with E-state index in [9.17, 15) is 9.59 Å². The molecule has 2 amide bonds. The number of para-hydroxylation sites is 1. The summed E-state index contributed by atoms with van der Waals surface area (Å²) in [4.78, 5) is 23.8. The number of carbonyl (C=O) groups excluding carboxylic acids is 2. The fraction of sp³-hybridized carbons (Fsp3) is 0.211. The number of anilines is 1. The van der Waals surface area contributed by atoms with Crippen molar-refractivity contribution in [2.24, 2.45) is 5.10 Å². The Hall–Kier alpha value is -2.95. The van der Waals surface area contributed by atoms with Crippen molar-refractivity contribution in [3.8, 4) is 0 Å². The summed E-state index contributed by atoms with van der Waals surface area (Å²) in [5.74, 6) is -1.55. The van der Waals surface area contributed by atoms with Gasteiger partial charge in [0.15, 0.2) is 0 Å². The fourth-order valence-corrected chi connectivity index (χ4v) is 2.24. The molecule has 0 atom stereocenters. The minimum absolute atomic E-state index is 0.650. The summed E-state index contributed by atoms with van der Waals surface area (Å²) in [5, 5.41) is 6.44. The van der Waals surface area contributed by atoms with Crippen molar-refractivity contribution in [3.05, 3.63) is 64.7 Å². The molecule has 0 aromatic heterocycles. The molecule has 0 unspecified atom stereocenters. The Bertz CT molecular complexity index is 744. The normalized spacial score (nSPS) is 10.6. The molecule has 0 radical (unpaired) electrons. The molecule has 2 aromatic rings. The third-order valence-electron chi connectivity index (χ3n) is 3.69. The minimum Gasteiger partial charge on any atom is -0.317 e. The Kier molecular flexibility index (Phi) is 5.84. The van der Waals surface area contributed by atoms with Crippen LogP contribution in [-0.2, 0) is 16.0 Å². The van der Waals surface area contributed by atoms with Crippen molar-refractivity contribution < 1.29 is 9.59 Å². The molecule has 24 heavy (non-hydrogen) atoms. The Labute approximate surface area is 141 Å². The standard InChI is InChI=1S/C19H21N3O2/c1-4-15-8-10-16(11-9-15)12-20-22-19(24)18(23)21-17-13(2)6-5-7-14(17)3/h5-12H,4H2,1-3H3,(H,21,23)(H,22,24)/b20-12+. The summed E-state index contributed by atoms with van der Waals surface area (Å²) >= 11 is 0. The van der Waals surface area contributed by atoms with Gasteiger partial charge in [0.1, 0.15) is 0 Å². The van der Waals surface area contributed by atoms with Gasteiger partial charge in [-0.2, -0.15) is 5.10 Å². The van der Waals surface area contributed by atoms with E-state index in [0.717, 1.165) is 23.1 Å². The smallest absolute Gasteiger partial charge is 0.317 e. The topological polar surface area (TPSA) is 70.6 Å². The number of nitrogens with one attached hydrogen (secondary N) is 2. The molecule has 0 aliphatic rings. The highest BCUT2D eigenvalue weighted by molar-refractivity contribution is 6.39. The third-order valence-corrected chi connectivity index (χ3v) is 3.69. The first-order valence-corrected chi connectivity index (χ1v) is 7.80. The van der Waals surface area contributed by atoms with Crippen LogP contribution in [0.15, 0.2) is 47.6 Å². The number of amides is 2. The predicted octanol–water partition coefficient (Wildman–Crippen LogP) is 2.95. The zero-order chi connectivity index (χ0) is 17.5. The third kappa shape index (κ3) is 4.52. The van der Waals surface area contributed by atoms with Gasteiger partial charge in [-0.1, -0.05) is 49.4 Å². The Morgan fingerprint density at radius 1 is 1.00 bits per heavy atom. The zero-order valence-electron chi connectivity index (χ0n) is 14.1. The molecule has 0 saturated heterocycles. The predicted molar refractivity (Wildman–Crippen MR) is 96.1 cm³/mol. The van der Waals surface area contributed by atoms with Gasteiger partial charge in [-0.25, -0.2) is 5.43 Å². The first-order valence-electron chi connectivity index (χ1n) is 7.80. The van der Waals surface area contributed by atoms with Crippen LogP contribution in [-0.4, -0.2) is 18.0 Å². The van der Waals surface area contributed by atoms with Crippen molar-refractivity contribution in [1.82, 2.24) is 5.43 Å². The summed E-state index contributed by atoms with van der Waals surface area (Å²) in [6.45, 7) is 5.83. The van der Waals surface area contributed by atoms with Crippen LogP contribution < -0.4 is 10.7 Å². The lowest BCUT2D eigenvalue weighted by atomic mass is 10.1. The molecule has 0 saturated carbocycles. The molecular formula is C19H21N3O2. The highest BCUT2D eigenvalue weighted by Gasteiger charge is 2.14. The molecule has 0 fully saturated rings. The average molecular weight is 323 g/mol. The van der Waals surface area contributed by atoms with Crippen LogP contribution in [0.3, 0.4) is 0 Å². The molecule has 0 heterocycles. The summed E-state index contributed by atoms with van der Waals surface area (Å²) in [7, 11) is 0. The van der Waals surface area contributed by atoms with E-state index in [1.165, 1.54) is 11.8 Å². The summed E-state index contributed by atoms with van der Waals surface area (Å²) < 4.78 is 0. The monoisotopic (exact) mass is 323 g/mol. The molecule has 0 bridgehead atoms. The highest BCUT2D eigenvalue weighted by atomic mass is 16.2. The van der Waals surface area contributed by atoms with Crippen molar-refractivity contribution in [3.63, 3.8) is 0 Å². The van der Waals surface area contributed by atoms with E-state index in [4.69, 9.17) is 0 Å². The number of aryl methyl sites for hydroxylation is 3. The van der Waals surface area contributed by atoms with Gasteiger partial charge in [0.2, 0.25) is 0 Å². The summed E-state index contributed by atoms with van der Waals surface area (Å²) in [6.07, 6.45) is 2.47. The van der Waals surface area contributed by atoms with E-state index in [-0.39, 0.29) is 0 Å². The Balaban J connectivity index is 1.94. The van der Waals surface area contributed by atoms with E-state index < -0.39 is 11.8 Å². The number of nitrogens with zero attached hydrogens (tertiary/aromatic N) is 1. The van der Waals surface area contributed by atoms with Gasteiger partial charge in [0.25, 0.3) is 0 Å². The van der Waals surface area contributed by atoms with Gasteiger partial charge in [0.05, 0.1) is 6.21 Å². The van der Waals surface area contributed by atoms with Crippen molar-refractivity contribution in [2.75, 3.05) is 5.32 Å². The zero-order valence-corrected chi connectivity index (χ0v) is 14.1. The molecule has 2 N–H and O–H groups in total. The van der Waals surface area contributed by atoms with E-state index in [2.05, 4.69) is 22.8 Å². The van der Waals surface area contributed by atoms with E-state index in [1.54, 1.807) is 0 Å². The van der Waals surface area contributed by atoms with Crippen LogP contribution in [0.25, 0.3) is 0 Å². The number of carbonyl (C=O) groups is 2. The fourth-order valence-electron chi connectivity index (χ4n) is 2.24. The minimum atomic E-state index is -0.806. The first kappa shape index (κ1) is 17.4. The van der Waals surface area contributed by atoms with E-state index in [1.807, 2.05) is 56.3 Å². The van der Waals surface area contributed by atoms with Crippen LogP contribution in [0.4, 0.5) is 5.69 Å². The second-order valence-electron chi connectivity index (χ2n) is 5.52. The second kappa shape index (κ2) is 8.06. The average Bonchev–Trinajstić information content (AvgIpc) is 2.58. The molecule has 2 aromatic carbocycles. The number of rotatable bonds is 4. The van der Waals surface area contributed by atoms with Crippen LogP contribution >= 0.6 is 0 Å². The molecule has 5 heteroatoms. The van der Waals surface area contributed by atoms with Crippen molar-refractivity contribution in [1.29, 1.82) is 0 Å². The van der Waals surface area contributed by atoms with Crippen LogP contribution in [0.2, 0.25) is 0 Å². The first-order chi connectivity index (χ1) is 11.5. The summed E-state index contributed by atoms with van der Waals surface area (Å²) in [5.41, 5.74) is 6.76. The van der Waals surface area contributed by atoms with Crippen LogP contribution in [0.1, 0.15) is 29.2 Å². The van der Waals surface area contributed by atoms with Crippen LogP contribution in [0.5, 0.6) is 0 Å². The molecule has 0 aliphatic carbocycles. The lowest BCUT2D eigenvalue weighted by molar-refractivity contribution is -0.136. The quantitative estimate of drug-likeness (QED) is 0.516. The summed E-state index contributed by atoms with van der Waals surface area (Å²) in [6, 6.07) is 13.5. The molecule has 2 rings (SSSR count). The number of hydrogen-bond donors (Lipinski definition) is 2. The molecule has 0 aliphatic heterocycles. The van der Waals surface area contributed by atoms with Gasteiger partial charge in [-0.15, -0.1) is 0 Å². The maximum Gasteiger partial charge on any atom is 0.329 e. The van der Waals surface area contributed by atoms with Crippen LogP contribution in [0, 0.1) is 13.8 Å². The molecular weight excluding hydrogens is 302 g/mol. The Morgan fingerprint density at radius 3 is 2.21 bits per heavy atom. The van der Waals surface area contributed by atoms with Gasteiger partial charge < -0.3 is 5.32 Å². The maximum absolute atomic E-state index is 11.9. The molecule has 124 valence electrons. The van der Waals surface area contributed by atoms with E-state index >= 15 is 0 Å². The molecule has 5 nitrogen and oxygen atoms in total. The lowest BCUT2D eigenvalue weighted by Crippen LogP contribution is -2.32. The highest BCUT2D eigenvalue weighted by Crippen LogP contribution is 2.19. The number of benzene rings is 2. The maximum atomic E-state index is 11.9. The lowest BCUT2D eigenvalue weighted by Gasteiger charge is -2.10. The largest absolute Gasteiger partial charge is 0.329 e. The van der Waals surface area contributed by atoms with Gasteiger partial charge in [0, 0.05) is 5.69 Å². The van der Waals surface area contributed by atoms with Gasteiger partial charge in [-0.05, 0) is 42.5 Å². The van der Waals surface area contributed by atoms with Crippen molar-refractivity contribution in [2.45, 2.75) is 27.2 Å². The molecule has 0 spiro atoms.